The van der Waals surface area contributed by atoms with Gasteiger partial charge in [-0.15, -0.1) is 0 Å². The smallest absolute Gasteiger partial charge is 0.239 e. The first kappa shape index (κ1) is 15.4. The number of ether oxygens (including phenoxy) is 1. The van der Waals surface area contributed by atoms with Gasteiger partial charge < -0.3 is 15.4 Å². The number of carbonyl (C=O) groups is 1. The molecule has 5 heteroatoms. The fourth-order valence-corrected chi connectivity index (χ4v) is 2.81. The van der Waals surface area contributed by atoms with Crippen LogP contribution in [0.3, 0.4) is 0 Å². The molecule has 20 heavy (non-hydrogen) atoms. The quantitative estimate of drug-likeness (QED) is 0.897. The minimum atomic E-state index is -0.392. The maximum absolute atomic E-state index is 12.3. The van der Waals surface area contributed by atoms with E-state index in [1.165, 1.54) is 0 Å². The van der Waals surface area contributed by atoms with Crippen LogP contribution < -0.4 is 5.73 Å². The molecule has 0 spiro atoms. The molecule has 1 aromatic carbocycles. The van der Waals surface area contributed by atoms with E-state index in [2.05, 4.69) is 0 Å². The Morgan fingerprint density at radius 3 is 2.95 bits per heavy atom. The van der Waals surface area contributed by atoms with E-state index in [4.69, 9.17) is 10.5 Å². The van der Waals surface area contributed by atoms with Gasteiger partial charge in [0.15, 0.2) is 0 Å². The lowest BCUT2D eigenvalue weighted by Crippen LogP contribution is -2.49. The van der Waals surface area contributed by atoms with Gasteiger partial charge in [-0.05, 0) is 24.0 Å². The third-order valence-electron chi connectivity index (χ3n) is 3.50. The monoisotopic (exact) mass is 294 g/mol. The minimum absolute atomic E-state index is 0.0401. The van der Waals surface area contributed by atoms with Gasteiger partial charge in [0.2, 0.25) is 5.91 Å². The van der Waals surface area contributed by atoms with Crippen molar-refractivity contribution in [2.75, 3.05) is 31.7 Å². The summed E-state index contributed by atoms with van der Waals surface area (Å²) in [5.41, 5.74) is 7.09. The molecule has 1 fully saturated rings. The molecule has 2 atom stereocenters. The van der Waals surface area contributed by atoms with Crippen molar-refractivity contribution in [3.05, 3.63) is 35.9 Å². The predicted octanol–water partition coefficient (Wildman–Crippen LogP) is 1.67. The summed E-state index contributed by atoms with van der Waals surface area (Å²) in [5.74, 6) is 0.961. The van der Waals surface area contributed by atoms with Gasteiger partial charge in [-0.3, -0.25) is 4.79 Å². The summed E-state index contributed by atoms with van der Waals surface area (Å²) >= 11 is 1.72. The molecule has 2 rings (SSSR count). The maximum atomic E-state index is 12.3. The van der Waals surface area contributed by atoms with Gasteiger partial charge >= 0.3 is 0 Å². The molecule has 110 valence electrons. The number of hydrogen-bond donors (Lipinski definition) is 1. The Morgan fingerprint density at radius 2 is 2.25 bits per heavy atom. The van der Waals surface area contributed by atoms with Crippen molar-refractivity contribution in [1.82, 2.24) is 4.90 Å². The van der Waals surface area contributed by atoms with Crippen LogP contribution in [0.4, 0.5) is 0 Å². The standard InChI is InChI=1S/C15H22N2O2S/c1-20-10-7-13(16)15(18)17-8-9-19-14(11-17)12-5-3-2-4-6-12/h2-6,13-14H,7-11,16H2,1H3/t13-,14?/m1/s1. The van der Waals surface area contributed by atoms with Crippen molar-refractivity contribution >= 4 is 17.7 Å². The Morgan fingerprint density at radius 1 is 1.50 bits per heavy atom. The van der Waals surface area contributed by atoms with Gasteiger partial charge in [-0.2, -0.15) is 11.8 Å². The van der Waals surface area contributed by atoms with E-state index < -0.39 is 6.04 Å². The Bertz CT molecular complexity index is 427. The lowest BCUT2D eigenvalue weighted by Gasteiger charge is -2.34. The van der Waals surface area contributed by atoms with Crippen molar-refractivity contribution < 1.29 is 9.53 Å². The zero-order valence-corrected chi connectivity index (χ0v) is 12.6. The molecule has 1 saturated heterocycles. The zero-order valence-electron chi connectivity index (χ0n) is 11.8. The second-order valence-electron chi connectivity index (χ2n) is 4.94. The molecule has 1 aliphatic rings. The van der Waals surface area contributed by atoms with Crippen LogP contribution in [0.2, 0.25) is 0 Å². The van der Waals surface area contributed by atoms with Gasteiger partial charge in [-0.25, -0.2) is 0 Å². The van der Waals surface area contributed by atoms with E-state index in [0.717, 1.165) is 17.7 Å². The Kier molecular flexibility index (Phi) is 5.88. The van der Waals surface area contributed by atoms with Crippen LogP contribution in [0.5, 0.6) is 0 Å². The van der Waals surface area contributed by atoms with E-state index in [1.54, 1.807) is 11.8 Å². The molecule has 1 unspecified atom stereocenters. The molecule has 4 nitrogen and oxygen atoms in total. The van der Waals surface area contributed by atoms with Crippen molar-refractivity contribution in [2.24, 2.45) is 5.73 Å². The van der Waals surface area contributed by atoms with E-state index in [0.29, 0.717) is 19.7 Å². The average Bonchev–Trinajstić information content (AvgIpc) is 2.53. The highest BCUT2D eigenvalue weighted by atomic mass is 32.2. The van der Waals surface area contributed by atoms with Gasteiger partial charge in [0, 0.05) is 6.54 Å². The first-order chi connectivity index (χ1) is 9.72. The molecule has 0 aromatic heterocycles. The van der Waals surface area contributed by atoms with E-state index in [9.17, 15) is 4.79 Å². The largest absolute Gasteiger partial charge is 0.370 e. The number of nitrogens with zero attached hydrogens (tertiary/aromatic N) is 1. The molecule has 1 aromatic rings. The van der Waals surface area contributed by atoms with Crippen molar-refractivity contribution in [1.29, 1.82) is 0 Å². The number of amides is 1. The lowest BCUT2D eigenvalue weighted by molar-refractivity contribution is -0.140. The number of nitrogens with two attached hydrogens (primary N) is 1. The van der Waals surface area contributed by atoms with E-state index in [-0.39, 0.29) is 12.0 Å². The van der Waals surface area contributed by atoms with E-state index >= 15 is 0 Å². The number of hydrogen-bond acceptors (Lipinski definition) is 4. The Hall–Kier alpha value is -1.04. The summed E-state index contributed by atoms with van der Waals surface area (Å²) in [5, 5.41) is 0. The van der Waals surface area contributed by atoms with Gasteiger partial charge in [0.25, 0.3) is 0 Å². The number of morpholine rings is 1. The number of rotatable bonds is 5. The molecule has 0 radical (unpaired) electrons. The van der Waals surface area contributed by atoms with Crippen LogP contribution in [0.25, 0.3) is 0 Å². The second-order valence-corrected chi connectivity index (χ2v) is 5.93. The van der Waals surface area contributed by atoms with Gasteiger partial charge in [-0.1, -0.05) is 30.3 Å². The average molecular weight is 294 g/mol. The molecule has 1 amide bonds. The van der Waals surface area contributed by atoms with Crippen molar-refractivity contribution in [3.8, 4) is 0 Å². The van der Waals surface area contributed by atoms with Crippen LogP contribution >= 0.6 is 11.8 Å². The highest BCUT2D eigenvalue weighted by Gasteiger charge is 2.28. The van der Waals surface area contributed by atoms with Crippen LogP contribution in [0, 0.1) is 0 Å². The van der Waals surface area contributed by atoms with Crippen LogP contribution in [-0.2, 0) is 9.53 Å². The number of carbonyl (C=O) groups excluding carboxylic acids is 1. The first-order valence-electron chi connectivity index (χ1n) is 6.92. The maximum Gasteiger partial charge on any atom is 0.239 e. The molecule has 0 saturated carbocycles. The first-order valence-corrected chi connectivity index (χ1v) is 8.31. The molecule has 0 bridgehead atoms. The van der Waals surface area contributed by atoms with E-state index in [1.807, 2.05) is 41.5 Å². The van der Waals surface area contributed by atoms with Crippen LogP contribution in [0.1, 0.15) is 18.1 Å². The zero-order chi connectivity index (χ0) is 14.4. The second kappa shape index (κ2) is 7.67. The molecular formula is C15H22N2O2S. The highest BCUT2D eigenvalue weighted by Crippen LogP contribution is 2.22. The topological polar surface area (TPSA) is 55.6 Å². The van der Waals surface area contributed by atoms with Gasteiger partial charge in [0.1, 0.15) is 6.10 Å². The molecule has 1 aliphatic heterocycles. The van der Waals surface area contributed by atoms with Gasteiger partial charge in [0.05, 0.1) is 19.2 Å². The van der Waals surface area contributed by atoms with Crippen molar-refractivity contribution in [2.45, 2.75) is 18.6 Å². The predicted molar refractivity (Wildman–Crippen MR) is 82.7 cm³/mol. The van der Waals surface area contributed by atoms with Crippen LogP contribution in [0.15, 0.2) is 30.3 Å². The SMILES string of the molecule is CSCC[C@@H](N)C(=O)N1CCOC(c2ccccc2)C1. The summed E-state index contributed by atoms with van der Waals surface area (Å²) < 4.78 is 5.77. The summed E-state index contributed by atoms with van der Waals surface area (Å²) in [4.78, 5) is 14.2. The fourth-order valence-electron chi connectivity index (χ4n) is 2.32. The third-order valence-corrected chi connectivity index (χ3v) is 4.14. The summed E-state index contributed by atoms with van der Waals surface area (Å²) in [6.07, 6.45) is 2.71. The molecule has 1 heterocycles. The van der Waals surface area contributed by atoms with Crippen LogP contribution in [-0.4, -0.2) is 48.6 Å². The number of benzene rings is 1. The number of thioether (sulfide) groups is 1. The summed E-state index contributed by atoms with van der Waals surface area (Å²) in [6, 6.07) is 9.64. The third kappa shape index (κ3) is 3.98. The summed E-state index contributed by atoms with van der Waals surface area (Å²) in [7, 11) is 0. The molecule has 2 N–H and O–H groups in total. The highest BCUT2D eigenvalue weighted by molar-refractivity contribution is 7.98. The summed E-state index contributed by atoms with van der Waals surface area (Å²) in [6.45, 7) is 1.80. The fraction of sp³-hybridized carbons (Fsp3) is 0.533. The lowest BCUT2D eigenvalue weighted by atomic mass is 10.1. The molecule has 0 aliphatic carbocycles. The minimum Gasteiger partial charge on any atom is -0.370 e. The normalized spacial score (nSPS) is 20.7. The van der Waals surface area contributed by atoms with Crippen molar-refractivity contribution in [3.63, 3.8) is 0 Å². The Labute approximate surface area is 124 Å². The molecular weight excluding hydrogens is 272 g/mol. The Balaban J connectivity index is 1.95.